The van der Waals surface area contributed by atoms with Gasteiger partial charge in [-0.2, -0.15) is 0 Å². The van der Waals surface area contributed by atoms with E-state index < -0.39 is 4.92 Å². The van der Waals surface area contributed by atoms with Gasteiger partial charge >= 0.3 is 0 Å². The molecule has 0 aliphatic heterocycles. The normalized spacial score (nSPS) is 22.6. The fraction of sp³-hybridized carbons (Fsp3) is 0.600. The highest BCUT2D eigenvalue weighted by atomic mass is 16.6. The molecule has 5 nitrogen and oxygen atoms in total. The molecule has 5 heteroatoms. The smallest absolute Gasteiger partial charge is 0.269 e. The van der Waals surface area contributed by atoms with Crippen LogP contribution in [-0.2, 0) is 6.61 Å². The van der Waals surface area contributed by atoms with E-state index in [0.29, 0.717) is 17.5 Å². The van der Waals surface area contributed by atoms with Crippen molar-refractivity contribution < 1.29 is 10.0 Å². The fourth-order valence-electron chi connectivity index (χ4n) is 3.21. The minimum Gasteiger partial charge on any atom is -0.392 e. The summed E-state index contributed by atoms with van der Waals surface area (Å²) >= 11 is 0. The van der Waals surface area contributed by atoms with Crippen LogP contribution in [0.3, 0.4) is 0 Å². The Hall–Kier alpha value is -1.62. The predicted molar refractivity (Wildman–Crippen MR) is 78.8 cm³/mol. The van der Waals surface area contributed by atoms with Gasteiger partial charge in [-0.3, -0.25) is 10.1 Å². The monoisotopic (exact) mass is 278 g/mol. The van der Waals surface area contributed by atoms with Gasteiger partial charge in [0, 0.05) is 36.5 Å². The van der Waals surface area contributed by atoms with Crippen molar-refractivity contribution in [3.63, 3.8) is 0 Å². The number of nitro groups is 1. The quantitative estimate of drug-likeness (QED) is 0.679. The molecule has 0 amide bonds. The highest BCUT2D eigenvalue weighted by Crippen LogP contribution is 2.33. The van der Waals surface area contributed by atoms with Gasteiger partial charge in [-0.25, -0.2) is 0 Å². The summed E-state index contributed by atoms with van der Waals surface area (Å²) in [6.07, 6.45) is 4.86. The maximum atomic E-state index is 10.8. The maximum Gasteiger partial charge on any atom is 0.269 e. The predicted octanol–water partition coefficient (Wildman–Crippen LogP) is 3.10. The van der Waals surface area contributed by atoms with Crippen LogP contribution < -0.4 is 4.90 Å². The van der Waals surface area contributed by atoms with Crippen molar-refractivity contribution in [1.82, 2.24) is 0 Å². The first-order valence-electron chi connectivity index (χ1n) is 7.15. The number of aliphatic hydroxyl groups excluding tert-OH is 1. The van der Waals surface area contributed by atoms with Crippen molar-refractivity contribution in [2.45, 2.75) is 45.3 Å². The third-order valence-corrected chi connectivity index (χ3v) is 4.39. The number of non-ortho nitro benzene ring substituents is 1. The molecule has 0 radical (unpaired) electrons. The number of nitrogens with zero attached hydrogens (tertiary/aromatic N) is 2. The van der Waals surface area contributed by atoms with Gasteiger partial charge in [-0.1, -0.05) is 19.8 Å². The van der Waals surface area contributed by atoms with Gasteiger partial charge < -0.3 is 10.0 Å². The topological polar surface area (TPSA) is 66.6 Å². The highest BCUT2D eigenvalue weighted by Gasteiger charge is 2.26. The van der Waals surface area contributed by atoms with E-state index in [0.717, 1.165) is 12.1 Å². The molecule has 1 N–H and O–H groups in total. The second-order valence-corrected chi connectivity index (χ2v) is 5.67. The lowest BCUT2D eigenvalue weighted by molar-refractivity contribution is -0.384. The minimum atomic E-state index is -0.424. The van der Waals surface area contributed by atoms with Crippen LogP contribution in [0.15, 0.2) is 18.2 Å². The van der Waals surface area contributed by atoms with E-state index in [2.05, 4.69) is 11.8 Å². The van der Waals surface area contributed by atoms with E-state index in [4.69, 9.17) is 0 Å². The molecular formula is C15H22N2O3. The number of benzene rings is 1. The molecule has 2 rings (SSSR count). The molecule has 0 heterocycles. The second-order valence-electron chi connectivity index (χ2n) is 5.67. The Bertz CT molecular complexity index is 490. The summed E-state index contributed by atoms with van der Waals surface area (Å²) in [6, 6.07) is 5.18. The summed E-state index contributed by atoms with van der Waals surface area (Å²) < 4.78 is 0. The number of nitro benzene ring substituents is 1. The zero-order valence-electron chi connectivity index (χ0n) is 12.1. The lowest BCUT2D eigenvalue weighted by Gasteiger charge is -2.38. The molecule has 20 heavy (non-hydrogen) atoms. The number of hydrogen-bond acceptors (Lipinski definition) is 4. The first-order chi connectivity index (χ1) is 9.54. The summed E-state index contributed by atoms with van der Waals surface area (Å²) in [6.45, 7) is 2.08. The van der Waals surface area contributed by atoms with Gasteiger partial charge in [0.1, 0.15) is 0 Å². The molecule has 0 aromatic heterocycles. The number of aliphatic hydroxyl groups is 1. The third-order valence-electron chi connectivity index (χ3n) is 4.39. The zero-order chi connectivity index (χ0) is 14.7. The van der Waals surface area contributed by atoms with Gasteiger partial charge in [0.05, 0.1) is 11.5 Å². The summed E-state index contributed by atoms with van der Waals surface area (Å²) in [5, 5.41) is 20.3. The summed E-state index contributed by atoms with van der Waals surface area (Å²) in [7, 11) is 2.02. The van der Waals surface area contributed by atoms with Crippen LogP contribution in [-0.4, -0.2) is 23.1 Å². The first-order valence-corrected chi connectivity index (χ1v) is 7.15. The van der Waals surface area contributed by atoms with Crippen molar-refractivity contribution in [2.24, 2.45) is 5.92 Å². The minimum absolute atomic E-state index is 0.0305. The molecule has 2 atom stereocenters. The summed E-state index contributed by atoms with van der Waals surface area (Å²) in [5.74, 6) is 0.607. The fourth-order valence-corrected chi connectivity index (χ4v) is 3.21. The molecule has 2 unspecified atom stereocenters. The molecule has 1 aromatic rings. The summed E-state index contributed by atoms with van der Waals surface area (Å²) in [5.41, 5.74) is 1.55. The van der Waals surface area contributed by atoms with Gasteiger partial charge in [0.15, 0.2) is 0 Å². The van der Waals surface area contributed by atoms with E-state index in [1.807, 2.05) is 7.05 Å². The standard InChI is InChI=1S/C15H22N2O3/c1-11-5-3-4-6-14(11)16(2)15-8-7-13(17(19)20)9-12(15)10-18/h7-9,11,14,18H,3-6,10H2,1-2H3. The number of anilines is 1. The Morgan fingerprint density at radius 2 is 2.10 bits per heavy atom. The van der Waals surface area contributed by atoms with Crippen molar-refractivity contribution in [3.05, 3.63) is 33.9 Å². The molecule has 1 saturated carbocycles. The van der Waals surface area contributed by atoms with Gasteiger partial charge in [-0.15, -0.1) is 0 Å². The van der Waals surface area contributed by atoms with Crippen molar-refractivity contribution in [1.29, 1.82) is 0 Å². The Labute approximate surface area is 119 Å². The molecule has 1 aliphatic rings. The molecule has 1 aliphatic carbocycles. The van der Waals surface area contributed by atoms with E-state index >= 15 is 0 Å². The van der Waals surface area contributed by atoms with Crippen LogP contribution in [0.1, 0.15) is 38.2 Å². The Balaban J connectivity index is 2.28. The molecule has 0 bridgehead atoms. The van der Waals surface area contributed by atoms with Crippen LogP contribution in [0.25, 0.3) is 0 Å². The van der Waals surface area contributed by atoms with E-state index in [9.17, 15) is 15.2 Å². The largest absolute Gasteiger partial charge is 0.392 e. The van der Waals surface area contributed by atoms with Crippen molar-refractivity contribution in [2.75, 3.05) is 11.9 Å². The van der Waals surface area contributed by atoms with Crippen LogP contribution in [0.2, 0.25) is 0 Å². The van der Waals surface area contributed by atoms with E-state index in [1.54, 1.807) is 6.07 Å². The SMILES string of the molecule is CC1CCCCC1N(C)c1ccc([N+](=O)[O-])cc1CO. The molecule has 0 saturated heterocycles. The Kier molecular flexibility index (Phi) is 4.60. The van der Waals surface area contributed by atoms with Crippen LogP contribution >= 0.6 is 0 Å². The third kappa shape index (κ3) is 2.93. The summed E-state index contributed by atoms with van der Waals surface area (Å²) in [4.78, 5) is 12.6. The average Bonchev–Trinajstić information content (AvgIpc) is 2.46. The number of rotatable bonds is 4. The van der Waals surface area contributed by atoms with Crippen LogP contribution in [0.5, 0.6) is 0 Å². The Morgan fingerprint density at radius 1 is 1.40 bits per heavy atom. The van der Waals surface area contributed by atoms with Gasteiger partial charge in [0.2, 0.25) is 0 Å². The lowest BCUT2D eigenvalue weighted by Crippen LogP contribution is -2.39. The van der Waals surface area contributed by atoms with E-state index in [-0.39, 0.29) is 12.3 Å². The van der Waals surface area contributed by atoms with E-state index in [1.165, 1.54) is 31.4 Å². The highest BCUT2D eigenvalue weighted by molar-refractivity contribution is 5.58. The lowest BCUT2D eigenvalue weighted by atomic mass is 9.84. The number of hydrogen-bond donors (Lipinski definition) is 1. The Morgan fingerprint density at radius 3 is 2.70 bits per heavy atom. The van der Waals surface area contributed by atoms with Crippen molar-refractivity contribution >= 4 is 11.4 Å². The van der Waals surface area contributed by atoms with Crippen molar-refractivity contribution in [3.8, 4) is 0 Å². The molecule has 1 aromatic carbocycles. The maximum absolute atomic E-state index is 10.8. The van der Waals surface area contributed by atoms with Gasteiger partial charge in [0.25, 0.3) is 5.69 Å². The molecular weight excluding hydrogens is 256 g/mol. The molecule has 1 fully saturated rings. The average molecular weight is 278 g/mol. The molecule has 110 valence electrons. The zero-order valence-corrected chi connectivity index (χ0v) is 12.1. The molecule has 0 spiro atoms. The second kappa shape index (κ2) is 6.22. The van der Waals surface area contributed by atoms with Crippen LogP contribution in [0, 0.1) is 16.0 Å². The van der Waals surface area contributed by atoms with Gasteiger partial charge in [-0.05, 0) is 24.8 Å². The first kappa shape index (κ1) is 14.8. The van der Waals surface area contributed by atoms with Crippen LogP contribution in [0.4, 0.5) is 11.4 Å².